The highest BCUT2D eigenvalue weighted by atomic mass is 16.6. The third kappa shape index (κ3) is 5.63. The average Bonchev–Trinajstić information content (AvgIpc) is 2.52. The van der Waals surface area contributed by atoms with Gasteiger partial charge in [-0.2, -0.15) is 0 Å². The summed E-state index contributed by atoms with van der Waals surface area (Å²) in [5.41, 5.74) is -0.478. The van der Waals surface area contributed by atoms with E-state index in [-0.39, 0.29) is 12.1 Å². The van der Waals surface area contributed by atoms with Crippen LogP contribution in [0.15, 0.2) is 24.3 Å². The van der Waals surface area contributed by atoms with E-state index in [1.807, 2.05) is 45.0 Å². The first-order valence-corrected chi connectivity index (χ1v) is 7.85. The zero-order valence-corrected chi connectivity index (χ0v) is 14.3. The van der Waals surface area contributed by atoms with E-state index in [2.05, 4.69) is 5.32 Å². The standard InChI is InChI=1S/C17H26N2O4/c1-17(2,3)23-16(20)19-9-8-18-13(11-19)12-22-15-7-5-6-14(10-15)21-4/h5-7,10,13,18H,8-9,11-12H2,1-4H3. The number of rotatable bonds is 4. The zero-order chi connectivity index (χ0) is 16.9. The first kappa shape index (κ1) is 17.4. The van der Waals surface area contributed by atoms with Crippen LogP contribution in [0, 0.1) is 0 Å². The lowest BCUT2D eigenvalue weighted by molar-refractivity contribution is 0.0178. The average molecular weight is 322 g/mol. The van der Waals surface area contributed by atoms with E-state index in [1.54, 1.807) is 12.0 Å². The predicted molar refractivity (Wildman–Crippen MR) is 88.1 cm³/mol. The monoisotopic (exact) mass is 322 g/mol. The van der Waals surface area contributed by atoms with Crippen molar-refractivity contribution < 1.29 is 19.0 Å². The molecule has 128 valence electrons. The van der Waals surface area contributed by atoms with Gasteiger partial charge in [0, 0.05) is 25.7 Å². The fourth-order valence-electron chi connectivity index (χ4n) is 2.32. The second kappa shape index (κ2) is 7.55. The molecule has 1 atom stereocenters. The van der Waals surface area contributed by atoms with Crippen LogP contribution in [-0.2, 0) is 4.74 Å². The molecule has 6 nitrogen and oxygen atoms in total. The SMILES string of the molecule is COc1cccc(OCC2CN(C(=O)OC(C)(C)C)CCN2)c1. The second-order valence-corrected chi connectivity index (χ2v) is 6.57. The van der Waals surface area contributed by atoms with Gasteiger partial charge < -0.3 is 24.4 Å². The molecule has 1 heterocycles. The van der Waals surface area contributed by atoms with Crippen LogP contribution in [-0.4, -0.2) is 56.0 Å². The third-order valence-corrected chi connectivity index (χ3v) is 3.40. The van der Waals surface area contributed by atoms with Gasteiger partial charge in [0.15, 0.2) is 0 Å². The number of carbonyl (C=O) groups excluding carboxylic acids is 1. The number of benzene rings is 1. The number of piperazine rings is 1. The van der Waals surface area contributed by atoms with Gasteiger partial charge in [0.1, 0.15) is 23.7 Å². The number of nitrogens with one attached hydrogen (secondary N) is 1. The van der Waals surface area contributed by atoms with E-state index in [0.29, 0.717) is 19.7 Å². The lowest BCUT2D eigenvalue weighted by Gasteiger charge is -2.34. The topological polar surface area (TPSA) is 60.0 Å². The van der Waals surface area contributed by atoms with Crippen molar-refractivity contribution >= 4 is 6.09 Å². The summed E-state index contributed by atoms with van der Waals surface area (Å²) >= 11 is 0. The lowest BCUT2D eigenvalue weighted by Crippen LogP contribution is -2.55. The van der Waals surface area contributed by atoms with Crippen molar-refractivity contribution in [1.29, 1.82) is 0 Å². The van der Waals surface area contributed by atoms with E-state index >= 15 is 0 Å². The Morgan fingerprint density at radius 2 is 2.09 bits per heavy atom. The predicted octanol–water partition coefficient (Wildman–Crippen LogP) is 2.28. The minimum atomic E-state index is -0.478. The minimum absolute atomic E-state index is 0.0717. The van der Waals surface area contributed by atoms with Crippen molar-refractivity contribution in [2.45, 2.75) is 32.4 Å². The van der Waals surface area contributed by atoms with Crippen molar-refractivity contribution in [1.82, 2.24) is 10.2 Å². The number of nitrogens with zero attached hydrogens (tertiary/aromatic N) is 1. The quantitative estimate of drug-likeness (QED) is 0.921. The molecule has 0 aromatic heterocycles. The summed E-state index contributed by atoms with van der Waals surface area (Å²) in [7, 11) is 1.63. The summed E-state index contributed by atoms with van der Waals surface area (Å²) in [4.78, 5) is 13.9. The van der Waals surface area contributed by atoms with Gasteiger partial charge in [-0.15, -0.1) is 0 Å². The van der Waals surface area contributed by atoms with Crippen LogP contribution in [0.4, 0.5) is 4.79 Å². The molecule has 0 bridgehead atoms. The fraction of sp³-hybridized carbons (Fsp3) is 0.588. The van der Waals surface area contributed by atoms with Gasteiger partial charge in [-0.25, -0.2) is 4.79 Å². The van der Waals surface area contributed by atoms with E-state index in [9.17, 15) is 4.79 Å². The Hall–Kier alpha value is -1.95. The Morgan fingerprint density at radius 3 is 2.78 bits per heavy atom. The Morgan fingerprint density at radius 1 is 1.35 bits per heavy atom. The molecule has 0 radical (unpaired) electrons. The highest BCUT2D eigenvalue weighted by Crippen LogP contribution is 2.19. The summed E-state index contributed by atoms with van der Waals surface area (Å²) < 4.78 is 16.4. The van der Waals surface area contributed by atoms with Gasteiger partial charge in [0.2, 0.25) is 0 Å². The highest BCUT2D eigenvalue weighted by molar-refractivity contribution is 5.68. The minimum Gasteiger partial charge on any atom is -0.497 e. The van der Waals surface area contributed by atoms with Crippen LogP contribution in [0.5, 0.6) is 11.5 Å². The van der Waals surface area contributed by atoms with Crippen LogP contribution in [0.1, 0.15) is 20.8 Å². The fourth-order valence-corrected chi connectivity index (χ4v) is 2.32. The normalized spacial score (nSPS) is 18.4. The lowest BCUT2D eigenvalue weighted by atomic mass is 10.2. The van der Waals surface area contributed by atoms with Gasteiger partial charge in [-0.05, 0) is 32.9 Å². The molecule has 1 amide bonds. The maximum Gasteiger partial charge on any atom is 0.410 e. The molecule has 1 saturated heterocycles. The summed E-state index contributed by atoms with van der Waals surface area (Å²) in [6.45, 7) is 8.03. The second-order valence-electron chi connectivity index (χ2n) is 6.57. The summed E-state index contributed by atoms with van der Waals surface area (Å²) in [6, 6.07) is 7.55. The number of carbonyl (C=O) groups is 1. The molecule has 1 fully saturated rings. The van der Waals surface area contributed by atoms with Crippen molar-refractivity contribution in [3.05, 3.63) is 24.3 Å². The van der Waals surface area contributed by atoms with Crippen LogP contribution < -0.4 is 14.8 Å². The molecule has 1 N–H and O–H groups in total. The Balaban J connectivity index is 1.85. The molecule has 6 heteroatoms. The molecular formula is C17H26N2O4. The van der Waals surface area contributed by atoms with E-state index < -0.39 is 5.60 Å². The van der Waals surface area contributed by atoms with E-state index in [4.69, 9.17) is 14.2 Å². The number of hydrogen-bond donors (Lipinski definition) is 1. The summed E-state index contributed by atoms with van der Waals surface area (Å²) in [5.74, 6) is 1.51. The summed E-state index contributed by atoms with van der Waals surface area (Å²) in [5, 5.41) is 3.36. The van der Waals surface area contributed by atoms with Crippen molar-refractivity contribution in [2.24, 2.45) is 0 Å². The highest BCUT2D eigenvalue weighted by Gasteiger charge is 2.27. The molecular weight excluding hydrogens is 296 g/mol. The number of amides is 1. The summed E-state index contributed by atoms with van der Waals surface area (Å²) in [6.07, 6.45) is -0.273. The van der Waals surface area contributed by atoms with E-state index in [0.717, 1.165) is 18.0 Å². The molecule has 2 rings (SSSR count). The first-order valence-electron chi connectivity index (χ1n) is 7.85. The molecule has 1 aromatic carbocycles. The maximum atomic E-state index is 12.1. The molecule has 0 saturated carbocycles. The Bertz CT molecular complexity index is 528. The largest absolute Gasteiger partial charge is 0.497 e. The van der Waals surface area contributed by atoms with Gasteiger partial charge in [-0.1, -0.05) is 6.07 Å². The smallest absolute Gasteiger partial charge is 0.410 e. The van der Waals surface area contributed by atoms with E-state index in [1.165, 1.54) is 0 Å². The van der Waals surface area contributed by atoms with Crippen molar-refractivity contribution in [2.75, 3.05) is 33.4 Å². The first-order chi connectivity index (χ1) is 10.9. The Labute approximate surface area is 137 Å². The van der Waals surface area contributed by atoms with Crippen LogP contribution >= 0.6 is 0 Å². The molecule has 1 unspecified atom stereocenters. The van der Waals surface area contributed by atoms with Crippen molar-refractivity contribution in [3.63, 3.8) is 0 Å². The molecule has 1 aliphatic rings. The van der Waals surface area contributed by atoms with Crippen LogP contribution in [0.25, 0.3) is 0 Å². The number of ether oxygens (including phenoxy) is 3. The molecule has 0 aliphatic carbocycles. The number of methoxy groups -OCH3 is 1. The maximum absolute atomic E-state index is 12.1. The van der Waals surface area contributed by atoms with Crippen LogP contribution in [0.2, 0.25) is 0 Å². The van der Waals surface area contributed by atoms with Crippen LogP contribution in [0.3, 0.4) is 0 Å². The number of hydrogen-bond acceptors (Lipinski definition) is 5. The molecule has 23 heavy (non-hydrogen) atoms. The molecule has 0 spiro atoms. The van der Waals surface area contributed by atoms with Gasteiger partial charge >= 0.3 is 6.09 Å². The molecule has 1 aliphatic heterocycles. The Kier molecular flexibility index (Phi) is 5.71. The third-order valence-electron chi connectivity index (χ3n) is 3.40. The van der Waals surface area contributed by atoms with Crippen molar-refractivity contribution in [3.8, 4) is 11.5 Å². The van der Waals surface area contributed by atoms with Gasteiger partial charge in [-0.3, -0.25) is 0 Å². The van der Waals surface area contributed by atoms with Gasteiger partial charge in [0.05, 0.1) is 13.2 Å². The molecule has 1 aromatic rings. The zero-order valence-electron chi connectivity index (χ0n) is 14.3. The van der Waals surface area contributed by atoms with Gasteiger partial charge in [0.25, 0.3) is 0 Å².